The van der Waals surface area contributed by atoms with Gasteiger partial charge in [0.1, 0.15) is 0 Å². The van der Waals surface area contributed by atoms with E-state index in [1.54, 1.807) is 23.5 Å². The van der Waals surface area contributed by atoms with E-state index >= 15 is 0 Å². The summed E-state index contributed by atoms with van der Waals surface area (Å²) < 4.78 is 27.4. The molecule has 0 aliphatic carbocycles. The molecular formula is C23H33IN4O2S. The molecule has 0 atom stereocenters. The number of rotatable bonds is 8. The molecule has 0 unspecified atom stereocenters. The molecule has 2 aromatic carbocycles. The van der Waals surface area contributed by atoms with Gasteiger partial charge in [0.15, 0.2) is 5.96 Å². The number of sulfonamides is 1. The molecule has 0 saturated carbocycles. The van der Waals surface area contributed by atoms with Crippen molar-refractivity contribution in [2.75, 3.05) is 26.7 Å². The van der Waals surface area contributed by atoms with Crippen LogP contribution in [0.3, 0.4) is 0 Å². The van der Waals surface area contributed by atoms with E-state index in [0.717, 1.165) is 44.2 Å². The van der Waals surface area contributed by atoms with Gasteiger partial charge in [-0.15, -0.1) is 24.0 Å². The molecule has 1 heterocycles. The van der Waals surface area contributed by atoms with Crippen LogP contribution in [-0.4, -0.2) is 45.4 Å². The highest BCUT2D eigenvalue weighted by atomic mass is 127. The van der Waals surface area contributed by atoms with Gasteiger partial charge in [0.05, 0.1) is 4.90 Å². The van der Waals surface area contributed by atoms with Crippen LogP contribution in [0.2, 0.25) is 0 Å². The first kappa shape index (κ1) is 25.6. The maximum atomic E-state index is 12.9. The lowest BCUT2D eigenvalue weighted by Gasteiger charge is -2.26. The predicted molar refractivity (Wildman–Crippen MR) is 137 cm³/mol. The third-order valence-corrected chi connectivity index (χ3v) is 7.21. The zero-order chi connectivity index (χ0) is 21.2. The molecule has 31 heavy (non-hydrogen) atoms. The van der Waals surface area contributed by atoms with E-state index in [0.29, 0.717) is 30.5 Å². The molecule has 1 saturated heterocycles. The van der Waals surface area contributed by atoms with Crippen LogP contribution in [0.4, 0.5) is 0 Å². The fraction of sp³-hybridized carbons (Fsp3) is 0.435. The smallest absolute Gasteiger partial charge is 0.243 e. The minimum atomic E-state index is -3.41. The van der Waals surface area contributed by atoms with Crippen LogP contribution in [0, 0.1) is 0 Å². The number of nitrogens with one attached hydrogen (secondary N) is 2. The van der Waals surface area contributed by atoms with E-state index in [4.69, 9.17) is 0 Å². The van der Waals surface area contributed by atoms with Gasteiger partial charge in [-0.2, -0.15) is 4.31 Å². The van der Waals surface area contributed by atoms with E-state index in [1.165, 1.54) is 5.56 Å². The number of guanidine groups is 1. The zero-order valence-electron chi connectivity index (χ0n) is 18.1. The molecule has 6 nitrogen and oxygen atoms in total. The van der Waals surface area contributed by atoms with E-state index in [9.17, 15) is 8.42 Å². The van der Waals surface area contributed by atoms with Crippen molar-refractivity contribution in [2.45, 2.75) is 43.5 Å². The topological polar surface area (TPSA) is 73.8 Å². The van der Waals surface area contributed by atoms with Crippen molar-refractivity contribution in [1.29, 1.82) is 0 Å². The normalized spacial score (nSPS) is 15.2. The monoisotopic (exact) mass is 556 g/mol. The Kier molecular flexibility index (Phi) is 10.8. The van der Waals surface area contributed by atoms with Crippen LogP contribution in [0.25, 0.3) is 0 Å². The Hall–Kier alpha value is -1.65. The average Bonchev–Trinajstić information content (AvgIpc) is 2.80. The minimum Gasteiger partial charge on any atom is -0.356 e. The second kappa shape index (κ2) is 13.0. The quantitative estimate of drug-likeness (QED) is 0.225. The second-order valence-electron chi connectivity index (χ2n) is 7.55. The highest BCUT2D eigenvalue weighted by Gasteiger charge is 2.25. The average molecular weight is 557 g/mol. The maximum Gasteiger partial charge on any atom is 0.243 e. The number of hydrogen-bond donors (Lipinski definition) is 2. The van der Waals surface area contributed by atoms with E-state index in [2.05, 4.69) is 39.9 Å². The molecule has 1 fully saturated rings. The van der Waals surface area contributed by atoms with Crippen molar-refractivity contribution >= 4 is 40.0 Å². The Balaban J connectivity index is 0.00000341. The Morgan fingerprint density at radius 1 is 0.968 bits per heavy atom. The Morgan fingerprint density at radius 3 is 2.39 bits per heavy atom. The van der Waals surface area contributed by atoms with Crippen LogP contribution < -0.4 is 10.6 Å². The second-order valence-corrected chi connectivity index (χ2v) is 9.49. The summed E-state index contributed by atoms with van der Waals surface area (Å²) in [4.78, 5) is 4.63. The molecule has 0 amide bonds. The van der Waals surface area contributed by atoms with Gasteiger partial charge in [0.2, 0.25) is 10.0 Å². The molecule has 0 bridgehead atoms. The van der Waals surface area contributed by atoms with E-state index in [-0.39, 0.29) is 24.0 Å². The number of aryl methyl sites for hydroxylation is 1. The predicted octanol–water partition coefficient (Wildman–Crippen LogP) is 3.78. The fourth-order valence-electron chi connectivity index (χ4n) is 3.62. The number of aliphatic imine (C=N–C) groups is 1. The van der Waals surface area contributed by atoms with Gasteiger partial charge in [0.25, 0.3) is 0 Å². The van der Waals surface area contributed by atoms with Gasteiger partial charge in [0, 0.05) is 33.2 Å². The van der Waals surface area contributed by atoms with Gasteiger partial charge in [-0.25, -0.2) is 8.42 Å². The van der Waals surface area contributed by atoms with Crippen molar-refractivity contribution in [2.24, 2.45) is 4.99 Å². The number of nitrogens with zero attached hydrogens (tertiary/aromatic N) is 2. The third kappa shape index (κ3) is 7.76. The summed E-state index contributed by atoms with van der Waals surface area (Å²) in [5.74, 6) is 0.715. The molecule has 8 heteroatoms. The van der Waals surface area contributed by atoms with Gasteiger partial charge in [-0.3, -0.25) is 4.99 Å². The molecule has 0 spiro atoms. The third-order valence-electron chi connectivity index (χ3n) is 5.31. The summed E-state index contributed by atoms with van der Waals surface area (Å²) in [5, 5.41) is 6.59. The Labute approximate surface area is 203 Å². The summed E-state index contributed by atoms with van der Waals surface area (Å²) in [6.07, 6.45) is 5.00. The molecular weight excluding hydrogens is 523 g/mol. The highest BCUT2D eigenvalue weighted by molar-refractivity contribution is 14.0. The number of benzene rings is 2. The molecule has 0 radical (unpaired) electrons. The highest BCUT2D eigenvalue weighted by Crippen LogP contribution is 2.21. The van der Waals surface area contributed by atoms with Crippen molar-refractivity contribution in [1.82, 2.24) is 14.9 Å². The van der Waals surface area contributed by atoms with Crippen molar-refractivity contribution in [3.63, 3.8) is 0 Å². The first-order valence-electron chi connectivity index (χ1n) is 10.7. The van der Waals surface area contributed by atoms with Crippen molar-refractivity contribution in [3.05, 3.63) is 65.7 Å². The van der Waals surface area contributed by atoms with Crippen molar-refractivity contribution < 1.29 is 8.42 Å². The van der Waals surface area contributed by atoms with Gasteiger partial charge in [-0.1, -0.05) is 48.9 Å². The molecule has 1 aliphatic heterocycles. The van der Waals surface area contributed by atoms with E-state index < -0.39 is 10.0 Å². The lowest BCUT2D eigenvalue weighted by Crippen LogP contribution is -2.37. The van der Waals surface area contributed by atoms with Gasteiger partial charge in [-0.05, 0) is 48.9 Å². The van der Waals surface area contributed by atoms with Crippen LogP contribution >= 0.6 is 24.0 Å². The summed E-state index contributed by atoms with van der Waals surface area (Å²) in [7, 11) is -1.67. The number of halogens is 1. The summed E-state index contributed by atoms with van der Waals surface area (Å²) in [6, 6.07) is 17.6. The van der Waals surface area contributed by atoms with Crippen LogP contribution in [-0.2, 0) is 23.0 Å². The maximum absolute atomic E-state index is 12.9. The lowest BCUT2D eigenvalue weighted by molar-refractivity contribution is 0.346. The SMILES string of the molecule is CN=C(NCCCc1ccccc1)NCc1cccc(S(=O)(=O)N2CCCCC2)c1.I. The number of hydrogen-bond acceptors (Lipinski definition) is 3. The molecule has 3 rings (SSSR count). The van der Waals surface area contributed by atoms with Crippen LogP contribution in [0.15, 0.2) is 64.5 Å². The Bertz CT molecular complexity index is 930. The molecule has 2 aromatic rings. The fourth-order valence-corrected chi connectivity index (χ4v) is 5.21. The van der Waals surface area contributed by atoms with Crippen molar-refractivity contribution in [3.8, 4) is 0 Å². The first-order chi connectivity index (χ1) is 14.6. The Morgan fingerprint density at radius 2 is 1.68 bits per heavy atom. The zero-order valence-corrected chi connectivity index (χ0v) is 21.2. The lowest BCUT2D eigenvalue weighted by atomic mass is 10.1. The van der Waals surface area contributed by atoms with Gasteiger partial charge < -0.3 is 10.6 Å². The largest absolute Gasteiger partial charge is 0.356 e. The first-order valence-corrected chi connectivity index (χ1v) is 12.1. The van der Waals surface area contributed by atoms with Gasteiger partial charge >= 0.3 is 0 Å². The van der Waals surface area contributed by atoms with E-state index in [1.807, 2.05) is 18.2 Å². The molecule has 1 aliphatic rings. The standard InChI is InChI=1S/C23H32N4O2S.HI/c1-24-23(25-15-9-13-20-10-4-2-5-11-20)26-19-21-12-8-14-22(18-21)30(28,29)27-16-6-3-7-17-27;/h2,4-5,8,10-12,14,18H,3,6-7,9,13,15-17,19H2,1H3,(H2,24,25,26);1H. The number of piperidine rings is 1. The van der Waals surface area contributed by atoms with Crippen LogP contribution in [0.5, 0.6) is 0 Å². The summed E-state index contributed by atoms with van der Waals surface area (Å²) in [6.45, 7) is 2.56. The minimum absolute atomic E-state index is 0. The molecule has 2 N–H and O–H groups in total. The molecule has 170 valence electrons. The molecule has 0 aromatic heterocycles. The summed E-state index contributed by atoms with van der Waals surface area (Å²) in [5.41, 5.74) is 2.24. The van der Waals surface area contributed by atoms with Crippen LogP contribution in [0.1, 0.15) is 36.8 Å². The summed E-state index contributed by atoms with van der Waals surface area (Å²) >= 11 is 0.